The molecule has 3 fully saturated rings. The molecule has 63 heavy (non-hydrogen) atoms. The van der Waals surface area contributed by atoms with Gasteiger partial charge in [-0.1, -0.05) is 29.8 Å². The molecule has 4 aliphatic heterocycles. The number of benzene rings is 3. The Balaban J connectivity index is 0.783. The van der Waals surface area contributed by atoms with Gasteiger partial charge in [-0.25, -0.2) is 17.8 Å². The molecule has 3 aromatic carbocycles. The van der Waals surface area contributed by atoms with Crippen molar-refractivity contribution in [2.75, 3.05) is 90.8 Å². The summed E-state index contributed by atoms with van der Waals surface area (Å²) in [5.74, 6) is -0.775. The molecule has 3 saturated heterocycles. The van der Waals surface area contributed by atoms with Gasteiger partial charge in [0.25, 0.3) is 5.91 Å². The second-order valence-corrected chi connectivity index (χ2v) is 18.8. The van der Waals surface area contributed by atoms with E-state index in [4.69, 9.17) is 11.6 Å². The monoisotopic (exact) mass is 901 g/mol. The third-order valence-corrected chi connectivity index (χ3v) is 13.6. The molecule has 332 valence electrons. The Morgan fingerprint density at radius 3 is 2.40 bits per heavy atom. The van der Waals surface area contributed by atoms with Crippen LogP contribution in [0.15, 0.2) is 66.9 Å². The number of piperazine rings is 1. The SMILES string of the molecule is CN(c1ccccc1Nc1nc(Nc2ccc(N3CCC(CN4CCN(CC(=O)Nc5cccc6c5CN(C5CCC(=O)NC5=O)C6=O)CC4)CC3)c(F)c2)ncc1Cl)S(C)(=O)=O. The van der Waals surface area contributed by atoms with Crippen LogP contribution in [0.2, 0.25) is 5.02 Å². The van der Waals surface area contributed by atoms with Gasteiger partial charge in [0.2, 0.25) is 33.7 Å². The van der Waals surface area contributed by atoms with Crippen molar-refractivity contribution < 1.29 is 32.0 Å². The molecule has 4 aromatic rings. The number of nitrogens with one attached hydrogen (secondary N) is 4. The zero-order valence-corrected chi connectivity index (χ0v) is 36.5. The zero-order chi connectivity index (χ0) is 44.4. The lowest BCUT2D eigenvalue weighted by atomic mass is 9.95. The third-order valence-electron chi connectivity index (χ3n) is 12.1. The van der Waals surface area contributed by atoms with Crippen LogP contribution in [0.1, 0.15) is 41.6 Å². The first-order valence-electron chi connectivity index (χ1n) is 20.9. The van der Waals surface area contributed by atoms with Gasteiger partial charge >= 0.3 is 0 Å². The Morgan fingerprint density at radius 1 is 0.937 bits per heavy atom. The van der Waals surface area contributed by atoms with Crippen molar-refractivity contribution in [3.8, 4) is 0 Å². The molecule has 0 saturated carbocycles. The summed E-state index contributed by atoms with van der Waals surface area (Å²) in [6.07, 6.45) is 4.80. The van der Waals surface area contributed by atoms with Gasteiger partial charge in [0.1, 0.15) is 16.9 Å². The topological polar surface area (TPSA) is 193 Å². The number of fused-ring (bicyclic) bond motifs is 1. The Kier molecular flexibility index (Phi) is 12.8. The van der Waals surface area contributed by atoms with E-state index in [0.29, 0.717) is 45.5 Å². The molecule has 5 heterocycles. The smallest absolute Gasteiger partial charge is 0.255 e. The van der Waals surface area contributed by atoms with Crippen molar-refractivity contribution in [1.29, 1.82) is 0 Å². The number of hydrogen-bond acceptors (Lipinski definition) is 13. The maximum absolute atomic E-state index is 15.6. The maximum atomic E-state index is 15.6. The largest absolute Gasteiger partial charge is 0.369 e. The van der Waals surface area contributed by atoms with Crippen LogP contribution in [0.3, 0.4) is 0 Å². The minimum Gasteiger partial charge on any atom is -0.369 e. The summed E-state index contributed by atoms with van der Waals surface area (Å²) in [5.41, 5.74) is 3.52. The quantitative estimate of drug-likeness (QED) is 0.138. The molecule has 4 aliphatic rings. The van der Waals surface area contributed by atoms with Crippen molar-refractivity contribution in [3.63, 3.8) is 0 Å². The second-order valence-electron chi connectivity index (χ2n) is 16.3. The highest BCUT2D eigenvalue weighted by molar-refractivity contribution is 7.92. The Hall–Kier alpha value is -5.89. The standard InChI is InChI=1S/C43H49ClFN11O6S/c1-52(63(2,61)62)36-9-4-3-7-34(36)49-40-31(44)23-46-43(51-40)47-28-10-11-35(32(45)22-28)55-16-14-27(15-17-55)24-53-18-20-54(21-19-53)26-39(58)48-33-8-5-6-29-30(33)25-56(42(29)60)37-12-13-38(57)50-41(37)59/h3-11,22-23,27,37H,12-21,24-26H2,1-2H3,(H,48,58)(H,50,57,59)(H2,46,47,49,51). The molecule has 0 radical (unpaired) electrons. The van der Waals surface area contributed by atoms with Gasteiger partial charge in [0.15, 0.2) is 5.82 Å². The Bertz CT molecular complexity index is 2530. The third kappa shape index (κ3) is 10.0. The maximum Gasteiger partial charge on any atom is 0.255 e. The number of piperidine rings is 2. The minimum absolute atomic E-state index is 0.170. The van der Waals surface area contributed by atoms with E-state index in [1.165, 1.54) is 24.2 Å². The zero-order valence-electron chi connectivity index (χ0n) is 34.9. The molecule has 17 nitrogen and oxygen atoms in total. The number of imide groups is 1. The van der Waals surface area contributed by atoms with E-state index in [2.05, 4.69) is 45.9 Å². The molecular weight excluding hydrogens is 853 g/mol. The van der Waals surface area contributed by atoms with Crippen LogP contribution in [-0.4, -0.2) is 128 Å². The first-order valence-corrected chi connectivity index (χ1v) is 23.1. The number of nitrogens with zero attached hydrogens (tertiary/aromatic N) is 7. The molecule has 1 aromatic heterocycles. The summed E-state index contributed by atoms with van der Waals surface area (Å²) < 4.78 is 41.2. The molecule has 0 aliphatic carbocycles. The van der Waals surface area contributed by atoms with Crippen LogP contribution in [0.25, 0.3) is 0 Å². The van der Waals surface area contributed by atoms with E-state index >= 15 is 4.39 Å². The molecule has 4 N–H and O–H groups in total. The highest BCUT2D eigenvalue weighted by Gasteiger charge is 2.40. The number of sulfonamides is 1. The highest BCUT2D eigenvalue weighted by Crippen LogP contribution is 2.35. The van der Waals surface area contributed by atoms with Crippen molar-refractivity contribution >= 4 is 85.5 Å². The van der Waals surface area contributed by atoms with Crippen LogP contribution >= 0.6 is 11.6 Å². The average Bonchev–Trinajstić information content (AvgIpc) is 3.59. The van der Waals surface area contributed by atoms with Crippen LogP contribution in [0.4, 0.5) is 44.6 Å². The van der Waals surface area contributed by atoms with Crippen LogP contribution in [0, 0.1) is 11.7 Å². The molecule has 20 heteroatoms. The number of aromatic nitrogens is 2. The average molecular weight is 902 g/mol. The molecule has 1 unspecified atom stereocenters. The Labute approximate surface area is 370 Å². The van der Waals surface area contributed by atoms with E-state index < -0.39 is 22.0 Å². The second kappa shape index (κ2) is 18.4. The first kappa shape index (κ1) is 43.7. The van der Waals surface area contributed by atoms with E-state index in [1.807, 2.05) is 0 Å². The van der Waals surface area contributed by atoms with Gasteiger partial charge in [0.05, 0.1) is 36.1 Å². The minimum atomic E-state index is -3.53. The fraction of sp³-hybridized carbons (Fsp3) is 0.395. The molecular formula is C43H49ClFN11O6S. The first-order chi connectivity index (χ1) is 30.2. The predicted octanol–water partition coefficient (Wildman–Crippen LogP) is 4.39. The number of anilines is 7. The fourth-order valence-electron chi connectivity index (χ4n) is 8.59. The lowest BCUT2D eigenvalue weighted by molar-refractivity contribution is -0.137. The summed E-state index contributed by atoms with van der Waals surface area (Å²) in [7, 11) is -2.07. The number of halogens is 2. The summed E-state index contributed by atoms with van der Waals surface area (Å²) >= 11 is 6.40. The van der Waals surface area contributed by atoms with Gasteiger partial charge in [-0.2, -0.15) is 4.98 Å². The van der Waals surface area contributed by atoms with Crippen molar-refractivity contribution in [2.24, 2.45) is 5.92 Å². The van der Waals surface area contributed by atoms with E-state index in [1.54, 1.807) is 54.6 Å². The number of carbonyl (C=O) groups is 4. The van der Waals surface area contributed by atoms with Crippen molar-refractivity contribution in [2.45, 2.75) is 38.3 Å². The number of amides is 4. The Morgan fingerprint density at radius 2 is 1.67 bits per heavy atom. The molecule has 4 amide bonds. The predicted molar refractivity (Wildman–Crippen MR) is 239 cm³/mol. The summed E-state index contributed by atoms with van der Waals surface area (Å²) in [5, 5.41) is 11.7. The summed E-state index contributed by atoms with van der Waals surface area (Å²) in [6, 6.07) is 16.2. The number of hydrogen-bond donors (Lipinski definition) is 4. The number of carbonyl (C=O) groups excluding carboxylic acids is 4. The normalized spacial score (nSPS) is 18.9. The van der Waals surface area contributed by atoms with Crippen LogP contribution in [0.5, 0.6) is 0 Å². The van der Waals surface area contributed by atoms with Gasteiger partial charge in [-0.3, -0.25) is 33.7 Å². The molecule has 0 bridgehead atoms. The van der Waals surface area contributed by atoms with Crippen LogP contribution in [-0.2, 0) is 31.0 Å². The molecule has 8 rings (SSSR count). The van der Waals surface area contributed by atoms with Gasteiger partial charge in [0, 0.05) is 88.3 Å². The van der Waals surface area contributed by atoms with Crippen molar-refractivity contribution in [3.05, 3.63) is 88.8 Å². The fourth-order valence-corrected chi connectivity index (χ4v) is 9.25. The van der Waals surface area contributed by atoms with E-state index in [-0.39, 0.29) is 66.3 Å². The van der Waals surface area contributed by atoms with Gasteiger partial charge < -0.3 is 30.7 Å². The lowest BCUT2D eigenvalue weighted by Gasteiger charge is -2.39. The summed E-state index contributed by atoms with van der Waals surface area (Å²) in [6.45, 7) is 5.91. The summed E-state index contributed by atoms with van der Waals surface area (Å²) in [4.78, 5) is 67.3. The van der Waals surface area contributed by atoms with Crippen molar-refractivity contribution in [1.82, 2.24) is 30.0 Å². The molecule has 1 atom stereocenters. The highest BCUT2D eigenvalue weighted by atomic mass is 35.5. The van der Waals surface area contributed by atoms with Crippen LogP contribution < -0.4 is 30.5 Å². The lowest BCUT2D eigenvalue weighted by Crippen LogP contribution is -2.52. The van der Waals surface area contributed by atoms with Gasteiger partial charge in [-0.15, -0.1) is 0 Å². The molecule has 0 spiro atoms. The number of rotatable bonds is 13. The van der Waals surface area contributed by atoms with E-state index in [0.717, 1.165) is 69.2 Å². The van der Waals surface area contributed by atoms with Gasteiger partial charge in [-0.05, 0) is 67.6 Å². The number of para-hydroxylation sites is 2. The van der Waals surface area contributed by atoms with E-state index in [9.17, 15) is 27.6 Å².